The zero-order chi connectivity index (χ0) is 21.0. The van der Waals surface area contributed by atoms with Crippen LogP contribution in [0.15, 0.2) is 24.3 Å². The van der Waals surface area contributed by atoms with Crippen LogP contribution in [0, 0.1) is 20.8 Å². The first-order chi connectivity index (χ1) is 13.9. The van der Waals surface area contributed by atoms with Gasteiger partial charge in [-0.15, -0.1) is 0 Å². The first kappa shape index (κ1) is 20.6. The van der Waals surface area contributed by atoms with Gasteiger partial charge < -0.3 is 14.8 Å². The third-order valence-corrected chi connectivity index (χ3v) is 5.07. The number of benzene rings is 1. The van der Waals surface area contributed by atoms with E-state index in [4.69, 9.17) is 9.47 Å². The Morgan fingerprint density at radius 3 is 2.55 bits per heavy atom. The Hall–Kier alpha value is -3.09. The number of nitrogens with zero attached hydrogens (tertiary/aromatic N) is 3. The van der Waals surface area contributed by atoms with E-state index in [0.717, 1.165) is 40.3 Å². The maximum Gasteiger partial charge on any atom is 0.220 e. The molecule has 2 aromatic heterocycles. The number of aromatic nitrogens is 3. The maximum absolute atomic E-state index is 12.3. The molecule has 3 aromatic rings. The minimum atomic E-state index is 0.0287. The number of amides is 1. The van der Waals surface area contributed by atoms with Crippen molar-refractivity contribution in [2.75, 3.05) is 20.8 Å². The second kappa shape index (κ2) is 8.94. The van der Waals surface area contributed by atoms with E-state index in [9.17, 15) is 4.79 Å². The van der Waals surface area contributed by atoms with Crippen molar-refractivity contribution < 1.29 is 14.3 Å². The van der Waals surface area contributed by atoms with Crippen LogP contribution in [0.1, 0.15) is 34.6 Å². The van der Waals surface area contributed by atoms with Crippen LogP contribution in [0.3, 0.4) is 0 Å². The molecule has 0 spiro atoms. The van der Waals surface area contributed by atoms with Gasteiger partial charge in [0.15, 0.2) is 17.1 Å². The zero-order valence-corrected chi connectivity index (χ0v) is 17.7. The molecule has 1 N–H and O–H groups in total. The molecule has 3 rings (SSSR count). The first-order valence-corrected chi connectivity index (χ1v) is 9.73. The summed E-state index contributed by atoms with van der Waals surface area (Å²) in [6, 6.07) is 7.75. The second-order valence-electron chi connectivity index (χ2n) is 7.11. The van der Waals surface area contributed by atoms with Crippen molar-refractivity contribution in [3.05, 3.63) is 52.5 Å². The highest BCUT2D eigenvalue weighted by Crippen LogP contribution is 2.27. The van der Waals surface area contributed by atoms with Crippen molar-refractivity contribution in [1.82, 2.24) is 19.9 Å². The summed E-state index contributed by atoms with van der Waals surface area (Å²) in [7, 11) is 3.23. The zero-order valence-electron chi connectivity index (χ0n) is 17.7. The molecule has 0 saturated carbocycles. The van der Waals surface area contributed by atoms with Crippen LogP contribution < -0.4 is 14.8 Å². The Balaban J connectivity index is 1.55. The fraction of sp³-hybridized carbons (Fsp3) is 0.409. The number of ether oxygens (including phenoxy) is 2. The number of nitrogens with one attached hydrogen (secondary N) is 1. The lowest BCUT2D eigenvalue weighted by molar-refractivity contribution is -0.121. The van der Waals surface area contributed by atoms with Crippen molar-refractivity contribution in [1.29, 1.82) is 0 Å². The predicted molar refractivity (Wildman–Crippen MR) is 112 cm³/mol. The molecule has 0 aliphatic carbocycles. The minimum absolute atomic E-state index is 0.0287. The molecule has 7 heteroatoms. The van der Waals surface area contributed by atoms with Crippen LogP contribution in [0.5, 0.6) is 11.5 Å². The van der Waals surface area contributed by atoms with Crippen molar-refractivity contribution in [2.45, 2.75) is 40.0 Å². The number of rotatable bonds is 8. The second-order valence-corrected chi connectivity index (χ2v) is 7.11. The lowest BCUT2D eigenvalue weighted by Gasteiger charge is -2.12. The topological polar surface area (TPSA) is 77.8 Å². The van der Waals surface area contributed by atoms with Gasteiger partial charge >= 0.3 is 0 Å². The highest BCUT2D eigenvalue weighted by atomic mass is 16.5. The molecule has 1 aromatic carbocycles. The van der Waals surface area contributed by atoms with Crippen LogP contribution in [0.2, 0.25) is 0 Å². The first-order valence-electron chi connectivity index (χ1n) is 9.73. The van der Waals surface area contributed by atoms with E-state index < -0.39 is 0 Å². The molecule has 29 heavy (non-hydrogen) atoms. The van der Waals surface area contributed by atoms with E-state index in [2.05, 4.69) is 15.4 Å². The number of methoxy groups -OCH3 is 2. The van der Waals surface area contributed by atoms with E-state index in [1.807, 2.05) is 49.6 Å². The van der Waals surface area contributed by atoms with Crippen LogP contribution in [-0.2, 0) is 17.6 Å². The average Bonchev–Trinajstić information content (AvgIpc) is 3.07. The summed E-state index contributed by atoms with van der Waals surface area (Å²) in [5.74, 6) is 1.42. The fourth-order valence-corrected chi connectivity index (χ4v) is 3.51. The molecule has 0 unspecified atom stereocenters. The van der Waals surface area contributed by atoms with Crippen LogP contribution in [-0.4, -0.2) is 41.3 Å². The Bertz CT molecular complexity index is 1030. The molecule has 0 saturated heterocycles. The molecular formula is C22H28N4O3. The molecule has 1 amide bonds. The normalized spacial score (nSPS) is 10.9. The van der Waals surface area contributed by atoms with E-state index in [-0.39, 0.29) is 5.91 Å². The van der Waals surface area contributed by atoms with Crippen molar-refractivity contribution in [3.8, 4) is 11.5 Å². The summed E-state index contributed by atoms with van der Waals surface area (Å²) in [4.78, 5) is 16.9. The molecule has 7 nitrogen and oxygen atoms in total. The molecule has 0 aliphatic rings. The van der Waals surface area contributed by atoms with Gasteiger partial charge in [0.25, 0.3) is 0 Å². The van der Waals surface area contributed by atoms with Crippen molar-refractivity contribution >= 4 is 11.6 Å². The van der Waals surface area contributed by atoms with Gasteiger partial charge in [0.1, 0.15) is 0 Å². The van der Waals surface area contributed by atoms with Crippen LogP contribution >= 0.6 is 0 Å². The fourth-order valence-electron chi connectivity index (χ4n) is 3.51. The van der Waals surface area contributed by atoms with Gasteiger partial charge in [-0.2, -0.15) is 5.10 Å². The number of hydrogen-bond acceptors (Lipinski definition) is 5. The van der Waals surface area contributed by atoms with Gasteiger partial charge in [-0.05, 0) is 56.9 Å². The third kappa shape index (κ3) is 4.67. The molecule has 0 bridgehead atoms. The number of fused-ring (bicyclic) bond motifs is 1. The lowest BCUT2D eigenvalue weighted by Crippen LogP contribution is -2.26. The highest BCUT2D eigenvalue weighted by molar-refractivity contribution is 5.76. The number of carbonyl (C=O) groups is 1. The lowest BCUT2D eigenvalue weighted by atomic mass is 10.1. The SMILES string of the molecule is COc1ccc(CCNC(=O)CCc2c(C)nc3cc(C)nn3c2C)cc1OC. The van der Waals surface area contributed by atoms with E-state index in [0.29, 0.717) is 30.9 Å². The molecule has 0 radical (unpaired) electrons. The Kier molecular flexibility index (Phi) is 6.36. The van der Waals surface area contributed by atoms with E-state index >= 15 is 0 Å². The number of hydrogen-bond donors (Lipinski definition) is 1. The Morgan fingerprint density at radius 2 is 1.83 bits per heavy atom. The van der Waals surface area contributed by atoms with Gasteiger partial charge in [0, 0.05) is 30.4 Å². The summed E-state index contributed by atoms with van der Waals surface area (Å²) in [5, 5.41) is 7.48. The van der Waals surface area contributed by atoms with Crippen LogP contribution in [0.4, 0.5) is 0 Å². The van der Waals surface area contributed by atoms with Crippen molar-refractivity contribution in [3.63, 3.8) is 0 Å². The van der Waals surface area contributed by atoms with Gasteiger partial charge in [0.05, 0.1) is 19.9 Å². The largest absolute Gasteiger partial charge is 0.493 e. The highest BCUT2D eigenvalue weighted by Gasteiger charge is 2.13. The smallest absolute Gasteiger partial charge is 0.220 e. The summed E-state index contributed by atoms with van der Waals surface area (Å²) in [6.07, 6.45) is 1.78. The number of aryl methyl sites for hydroxylation is 3. The standard InChI is InChI=1S/C22H28N4O3/c1-14-12-21-24-15(2)18(16(3)26(21)25-14)7-9-22(27)23-11-10-17-6-8-19(28-4)20(13-17)29-5/h6,8,12-13H,7,9-11H2,1-5H3,(H,23,27). The van der Waals surface area contributed by atoms with Crippen LogP contribution in [0.25, 0.3) is 5.65 Å². The maximum atomic E-state index is 12.3. The predicted octanol–water partition coefficient (Wildman–Crippen LogP) is 2.96. The molecule has 154 valence electrons. The van der Waals surface area contributed by atoms with Crippen molar-refractivity contribution in [2.24, 2.45) is 0 Å². The summed E-state index contributed by atoms with van der Waals surface area (Å²) in [6.45, 7) is 6.54. The average molecular weight is 396 g/mol. The third-order valence-electron chi connectivity index (χ3n) is 5.07. The van der Waals surface area contributed by atoms with Gasteiger partial charge in [-0.3, -0.25) is 4.79 Å². The Morgan fingerprint density at radius 1 is 1.07 bits per heavy atom. The van der Waals surface area contributed by atoms with E-state index in [1.54, 1.807) is 14.2 Å². The van der Waals surface area contributed by atoms with Gasteiger partial charge in [0.2, 0.25) is 5.91 Å². The summed E-state index contributed by atoms with van der Waals surface area (Å²) >= 11 is 0. The summed E-state index contributed by atoms with van der Waals surface area (Å²) < 4.78 is 12.4. The quantitative estimate of drug-likeness (QED) is 0.633. The van der Waals surface area contributed by atoms with E-state index in [1.165, 1.54) is 0 Å². The molecular weight excluding hydrogens is 368 g/mol. The Labute approximate surface area is 171 Å². The molecule has 0 fully saturated rings. The molecule has 0 aliphatic heterocycles. The molecule has 2 heterocycles. The van der Waals surface area contributed by atoms with Gasteiger partial charge in [-0.1, -0.05) is 6.07 Å². The number of carbonyl (C=O) groups excluding carboxylic acids is 1. The summed E-state index contributed by atoms with van der Waals surface area (Å²) in [5.41, 5.74) is 5.94. The minimum Gasteiger partial charge on any atom is -0.493 e. The monoisotopic (exact) mass is 396 g/mol. The van der Waals surface area contributed by atoms with Gasteiger partial charge in [-0.25, -0.2) is 9.50 Å². The molecule has 0 atom stereocenters.